The van der Waals surface area contributed by atoms with Crippen LogP contribution in [0.5, 0.6) is 0 Å². The van der Waals surface area contributed by atoms with E-state index >= 15 is 0 Å². The molecule has 2 aromatic heterocycles. The first-order chi connectivity index (χ1) is 11.2. The summed E-state index contributed by atoms with van der Waals surface area (Å²) in [5, 5.41) is 9.49. The number of hydrogen-bond donors (Lipinski definition) is 0. The van der Waals surface area contributed by atoms with E-state index in [1.807, 2.05) is 48.5 Å². The van der Waals surface area contributed by atoms with Gasteiger partial charge in [0.05, 0.1) is 11.6 Å². The first kappa shape index (κ1) is 14.8. The fraction of sp³-hybridized carbons (Fsp3) is 0.100. The van der Waals surface area contributed by atoms with Crippen molar-refractivity contribution in [3.05, 3.63) is 83.4 Å². The summed E-state index contributed by atoms with van der Waals surface area (Å²) < 4.78 is 2.17. The molecular weight excluding hydrogens is 282 g/mol. The van der Waals surface area contributed by atoms with Crippen LogP contribution < -0.4 is 0 Å². The topological polar surface area (TPSA) is 41.6 Å². The van der Waals surface area contributed by atoms with Gasteiger partial charge < -0.3 is 4.57 Å². The van der Waals surface area contributed by atoms with Crippen molar-refractivity contribution in [2.75, 3.05) is 0 Å². The highest BCUT2D eigenvalue weighted by Crippen LogP contribution is 2.25. The Hall–Kier alpha value is -3.12. The fourth-order valence-corrected chi connectivity index (χ4v) is 2.78. The minimum absolute atomic E-state index is 0.667. The standard InChI is InChI=1S/C20H17N3/c1-15-12-18(13-19(14-21)17-6-4-3-5-7-17)16(2)23(15)20-8-10-22-11-9-20/h3-13H,1-2H3/b19-13+. The average Bonchev–Trinajstić information content (AvgIpc) is 2.88. The summed E-state index contributed by atoms with van der Waals surface area (Å²) in [5.41, 5.74) is 5.97. The van der Waals surface area contributed by atoms with Gasteiger partial charge in [0.1, 0.15) is 0 Å². The Bertz CT molecular complexity index is 882. The molecule has 0 fully saturated rings. The zero-order valence-corrected chi connectivity index (χ0v) is 13.2. The highest BCUT2D eigenvalue weighted by atomic mass is 15.0. The molecule has 3 rings (SSSR count). The molecule has 0 radical (unpaired) electrons. The van der Waals surface area contributed by atoms with Crippen molar-refractivity contribution in [3.63, 3.8) is 0 Å². The Morgan fingerprint density at radius 2 is 1.78 bits per heavy atom. The first-order valence-corrected chi connectivity index (χ1v) is 7.47. The van der Waals surface area contributed by atoms with E-state index < -0.39 is 0 Å². The smallest absolute Gasteiger partial charge is 0.0998 e. The van der Waals surface area contributed by atoms with E-state index in [0.29, 0.717) is 5.57 Å². The number of nitriles is 1. The van der Waals surface area contributed by atoms with Gasteiger partial charge in [-0.05, 0) is 49.2 Å². The molecule has 3 aromatic rings. The molecule has 0 atom stereocenters. The van der Waals surface area contributed by atoms with E-state index in [2.05, 4.69) is 35.5 Å². The Kier molecular flexibility index (Phi) is 4.07. The molecule has 112 valence electrons. The molecule has 3 heteroatoms. The molecule has 0 aliphatic heterocycles. The second kappa shape index (κ2) is 6.33. The zero-order chi connectivity index (χ0) is 16.2. The third kappa shape index (κ3) is 2.93. The normalized spacial score (nSPS) is 11.3. The lowest BCUT2D eigenvalue weighted by Gasteiger charge is -2.09. The molecule has 0 N–H and O–H groups in total. The molecule has 0 aliphatic rings. The largest absolute Gasteiger partial charge is 0.318 e. The van der Waals surface area contributed by atoms with Gasteiger partial charge in [0, 0.05) is 29.5 Å². The molecule has 0 unspecified atom stereocenters. The number of hydrogen-bond acceptors (Lipinski definition) is 2. The predicted molar refractivity (Wildman–Crippen MR) is 93.0 cm³/mol. The molecule has 0 saturated heterocycles. The van der Waals surface area contributed by atoms with Crippen LogP contribution in [-0.2, 0) is 0 Å². The quantitative estimate of drug-likeness (QED) is 0.666. The summed E-state index contributed by atoms with van der Waals surface area (Å²) in [6.45, 7) is 4.14. The van der Waals surface area contributed by atoms with Crippen molar-refractivity contribution < 1.29 is 0 Å². The van der Waals surface area contributed by atoms with Crippen molar-refractivity contribution in [3.8, 4) is 11.8 Å². The second-order valence-electron chi connectivity index (χ2n) is 5.40. The van der Waals surface area contributed by atoms with Gasteiger partial charge in [-0.25, -0.2) is 0 Å². The second-order valence-corrected chi connectivity index (χ2v) is 5.40. The predicted octanol–water partition coefficient (Wildman–Crippen LogP) is 4.55. The van der Waals surface area contributed by atoms with Gasteiger partial charge in [0.2, 0.25) is 0 Å². The van der Waals surface area contributed by atoms with Gasteiger partial charge in [-0.3, -0.25) is 4.98 Å². The highest BCUT2D eigenvalue weighted by Gasteiger charge is 2.10. The summed E-state index contributed by atoms with van der Waals surface area (Å²) in [6.07, 6.45) is 5.53. The van der Waals surface area contributed by atoms with Crippen LogP contribution in [0.3, 0.4) is 0 Å². The summed E-state index contributed by atoms with van der Waals surface area (Å²) in [7, 11) is 0. The molecule has 0 amide bonds. The van der Waals surface area contributed by atoms with Gasteiger partial charge in [-0.2, -0.15) is 5.26 Å². The monoisotopic (exact) mass is 299 g/mol. The van der Waals surface area contributed by atoms with Gasteiger partial charge >= 0.3 is 0 Å². The number of aromatic nitrogens is 2. The highest BCUT2D eigenvalue weighted by molar-refractivity contribution is 5.90. The minimum Gasteiger partial charge on any atom is -0.318 e. The van der Waals surface area contributed by atoms with E-state index in [1.165, 1.54) is 0 Å². The van der Waals surface area contributed by atoms with Crippen molar-refractivity contribution in [1.82, 2.24) is 9.55 Å². The first-order valence-electron chi connectivity index (χ1n) is 7.47. The SMILES string of the molecule is Cc1cc(/C=C(\C#N)c2ccccc2)c(C)n1-c1ccncc1. The van der Waals surface area contributed by atoms with Crippen molar-refractivity contribution in [2.45, 2.75) is 13.8 Å². The van der Waals surface area contributed by atoms with Gasteiger partial charge in [0.25, 0.3) is 0 Å². The number of benzene rings is 1. The number of nitrogens with zero attached hydrogens (tertiary/aromatic N) is 3. The van der Waals surface area contributed by atoms with Gasteiger partial charge in [0.15, 0.2) is 0 Å². The Balaban J connectivity index is 2.09. The van der Waals surface area contributed by atoms with Crippen LogP contribution >= 0.6 is 0 Å². The molecule has 0 saturated carbocycles. The van der Waals surface area contributed by atoms with Gasteiger partial charge in [-0.1, -0.05) is 30.3 Å². The molecular formula is C20H17N3. The molecule has 0 aliphatic carbocycles. The lowest BCUT2D eigenvalue weighted by atomic mass is 10.0. The lowest BCUT2D eigenvalue weighted by molar-refractivity contribution is 0.960. The van der Waals surface area contributed by atoms with Crippen LogP contribution in [0.25, 0.3) is 17.3 Å². The number of allylic oxidation sites excluding steroid dienone is 1. The summed E-state index contributed by atoms with van der Waals surface area (Å²) in [5.74, 6) is 0. The molecule has 0 bridgehead atoms. The fourth-order valence-electron chi connectivity index (χ4n) is 2.78. The molecule has 3 nitrogen and oxygen atoms in total. The Morgan fingerprint density at radius 1 is 1.09 bits per heavy atom. The van der Waals surface area contributed by atoms with E-state index in [4.69, 9.17) is 0 Å². The maximum Gasteiger partial charge on any atom is 0.0998 e. The third-order valence-electron chi connectivity index (χ3n) is 3.90. The van der Waals surface area contributed by atoms with Crippen molar-refractivity contribution >= 4 is 11.6 Å². The minimum atomic E-state index is 0.667. The molecule has 0 spiro atoms. The summed E-state index contributed by atoms with van der Waals surface area (Å²) in [6, 6.07) is 18.1. The third-order valence-corrected chi connectivity index (χ3v) is 3.90. The maximum atomic E-state index is 9.49. The van der Waals surface area contributed by atoms with Crippen molar-refractivity contribution in [2.24, 2.45) is 0 Å². The summed E-state index contributed by atoms with van der Waals surface area (Å²) in [4.78, 5) is 4.07. The molecule has 23 heavy (non-hydrogen) atoms. The van der Waals surface area contributed by atoms with Crippen molar-refractivity contribution in [1.29, 1.82) is 5.26 Å². The van der Waals surface area contributed by atoms with E-state index in [1.54, 1.807) is 12.4 Å². The number of pyridine rings is 1. The lowest BCUT2D eigenvalue weighted by Crippen LogP contribution is -1.98. The molecule has 2 heterocycles. The Morgan fingerprint density at radius 3 is 2.43 bits per heavy atom. The van der Waals surface area contributed by atoms with Crippen LogP contribution in [0.4, 0.5) is 0 Å². The zero-order valence-electron chi connectivity index (χ0n) is 13.2. The average molecular weight is 299 g/mol. The van der Waals surface area contributed by atoms with E-state index in [-0.39, 0.29) is 0 Å². The van der Waals surface area contributed by atoms with Crippen LogP contribution in [0.1, 0.15) is 22.5 Å². The Labute approximate surface area is 136 Å². The van der Waals surface area contributed by atoms with Crippen LogP contribution in [0.2, 0.25) is 0 Å². The van der Waals surface area contributed by atoms with Crippen LogP contribution in [-0.4, -0.2) is 9.55 Å². The number of aryl methyl sites for hydroxylation is 1. The van der Waals surface area contributed by atoms with Crippen LogP contribution in [0.15, 0.2) is 60.9 Å². The van der Waals surface area contributed by atoms with Crippen LogP contribution in [0, 0.1) is 25.2 Å². The number of rotatable bonds is 3. The molecule has 1 aromatic carbocycles. The maximum absolute atomic E-state index is 9.49. The summed E-state index contributed by atoms with van der Waals surface area (Å²) >= 11 is 0. The van der Waals surface area contributed by atoms with E-state index in [9.17, 15) is 5.26 Å². The van der Waals surface area contributed by atoms with E-state index in [0.717, 1.165) is 28.2 Å². The van der Waals surface area contributed by atoms with Gasteiger partial charge in [-0.15, -0.1) is 0 Å².